The molecule has 26 heavy (non-hydrogen) atoms. The maximum Gasteiger partial charge on any atom is 0.410 e. The maximum atomic E-state index is 12.2. The molecule has 7 nitrogen and oxygen atoms in total. The highest BCUT2D eigenvalue weighted by Crippen LogP contribution is 2.22. The Morgan fingerprint density at radius 3 is 2.69 bits per heavy atom. The molecule has 0 spiro atoms. The molecule has 2 aromatic heterocycles. The molecule has 1 amide bonds. The third-order valence-corrected chi connectivity index (χ3v) is 4.01. The van der Waals surface area contributed by atoms with E-state index in [1.54, 1.807) is 17.3 Å². The second kappa shape index (κ2) is 7.27. The third-order valence-electron chi connectivity index (χ3n) is 4.01. The zero-order valence-corrected chi connectivity index (χ0v) is 15.7. The zero-order chi connectivity index (χ0) is 18.7. The molecule has 1 aliphatic rings. The van der Waals surface area contributed by atoms with Gasteiger partial charge in [-0.25, -0.2) is 14.8 Å². The lowest BCUT2D eigenvalue weighted by molar-refractivity contribution is 0.0293. The fourth-order valence-corrected chi connectivity index (χ4v) is 2.89. The first kappa shape index (κ1) is 18.1. The monoisotopic (exact) mass is 355 g/mol. The van der Waals surface area contributed by atoms with Crippen molar-refractivity contribution in [2.24, 2.45) is 0 Å². The Kier molecular flexibility index (Phi) is 5.06. The molecule has 3 rings (SSSR count). The van der Waals surface area contributed by atoms with Crippen LogP contribution in [-0.2, 0) is 4.74 Å². The van der Waals surface area contributed by atoms with Gasteiger partial charge in [0, 0.05) is 43.2 Å². The van der Waals surface area contributed by atoms with Crippen molar-refractivity contribution in [3.8, 4) is 11.3 Å². The van der Waals surface area contributed by atoms with Gasteiger partial charge in [-0.3, -0.25) is 4.98 Å². The number of hydrogen-bond acceptors (Lipinski definition) is 6. The fourth-order valence-electron chi connectivity index (χ4n) is 2.89. The van der Waals surface area contributed by atoms with Crippen LogP contribution >= 0.6 is 0 Å². The summed E-state index contributed by atoms with van der Waals surface area (Å²) in [6, 6.07) is 5.91. The minimum Gasteiger partial charge on any atom is -0.444 e. The number of aromatic nitrogens is 3. The Labute approximate surface area is 153 Å². The number of rotatable bonds is 3. The number of nitrogens with one attached hydrogen (secondary N) is 1. The van der Waals surface area contributed by atoms with Crippen molar-refractivity contribution in [2.75, 3.05) is 18.4 Å². The van der Waals surface area contributed by atoms with Crippen LogP contribution in [0.15, 0.2) is 30.6 Å². The lowest BCUT2D eigenvalue weighted by Gasteiger charge is -2.24. The zero-order valence-electron chi connectivity index (χ0n) is 15.7. The van der Waals surface area contributed by atoms with E-state index in [9.17, 15) is 4.79 Å². The van der Waals surface area contributed by atoms with Crippen molar-refractivity contribution in [3.05, 3.63) is 36.4 Å². The van der Waals surface area contributed by atoms with E-state index in [4.69, 9.17) is 4.74 Å². The van der Waals surface area contributed by atoms with Crippen LogP contribution < -0.4 is 5.32 Å². The van der Waals surface area contributed by atoms with Crippen molar-refractivity contribution in [2.45, 2.75) is 45.8 Å². The molecule has 0 aliphatic carbocycles. The van der Waals surface area contributed by atoms with E-state index < -0.39 is 5.60 Å². The standard InChI is InChI=1S/C19H25N5O2/c1-13-21-16(14-5-8-20-9-6-14)11-17(22-13)23-15-7-10-24(12-15)18(25)26-19(2,3)4/h5-6,8-9,11,15H,7,10,12H2,1-4H3,(H,21,22,23). The molecule has 0 saturated carbocycles. The van der Waals surface area contributed by atoms with E-state index in [0.29, 0.717) is 18.9 Å². The minimum atomic E-state index is -0.480. The molecule has 0 aromatic carbocycles. The van der Waals surface area contributed by atoms with E-state index in [2.05, 4.69) is 20.3 Å². The minimum absolute atomic E-state index is 0.141. The Morgan fingerprint density at radius 2 is 2.00 bits per heavy atom. The Bertz CT molecular complexity index is 773. The summed E-state index contributed by atoms with van der Waals surface area (Å²) in [4.78, 5) is 27.0. The highest BCUT2D eigenvalue weighted by molar-refractivity contribution is 5.69. The van der Waals surface area contributed by atoms with Crippen LogP contribution in [0.4, 0.5) is 10.6 Å². The topological polar surface area (TPSA) is 80.2 Å². The third kappa shape index (κ3) is 4.68. The summed E-state index contributed by atoms with van der Waals surface area (Å²) in [6.07, 6.45) is 4.08. The molecule has 0 radical (unpaired) electrons. The van der Waals surface area contributed by atoms with Crippen LogP contribution in [0.5, 0.6) is 0 Å². The molecule has 1 unspecified atom stereocenters. The molecule has 1 aliphatic heterocycles. The van der Waals surface area contributed by atoms with Crippen LogP contribution in [0, 0.1) is 6.92 Å². The number of aryl methyl sites for hydroxylation is 1. The second-order valence-corrected chi connectivity index (χ2v) is 7.48. The summed E-state index contributed by atoms with van der Waals surface area (Å²) in [7, 11) is 0. The highest BCUT2D eigenvalue weighted by atomic mass is 16.6. The van der Waals surface area contributed by atoms with Gasteiger partial charge >= 0.3 is 6.09 Å². The number of carbonyl (C=O) groups excluding carboxylic acids is 1. The lowest BCUT2D eigenvalue weighted by Crippen LogP contribution is -2.36. The molecule has 0 bridgehead atoms. The Morgan fingerprint density at radius 1 is 1.27 bits per heavy atom. The molecule has 2 aromatic rings. The normalized spacial score (nSPS) is 17.2. The van der Waals surface area contributed by atoms with Gasteiger partial charge in [-0.15, -0.1) is 0 Å². The van der Waals surface area contributed by atoms with E-state index in [-0.39, 0.29) is 12.1 Å². The number of pyridine rings is 1. The molecule has 7 heteroatoms. The molecule has 1 saturated heterocycles. The predicted molar refractivity (Wildman–Crippen MR) is 99.8 cm³/mol. The summed E-state index contributed by atoms with van der Waals surface area (Å²) in [5.74, 6) is 1.46. The number of amides is 1. The van der Waals surface area contributed by atoms with Crippen LogP contribution in [-0.4, -0.2) is 50.7 Å². The first-order valence-electron chi connectivity index (χ1n) is 8.81. The van der Waals surface area contributed by atoms with Crippen molar-refractivity contribution < 1.29 is 9.53 Å². The van der Waals surface area contributed by atoms with Gasteiger partial charge < -0.3 is 15.0 Å². The quantitative estimate of drug-likeness (QED) is 0.910. The Balaban J connectivity index is 1.67. The summed E-state index contributed by atoms with van der Waals surface area (Å²) < 4.78 is 5.44. The number of anilines is 1. The van der Waals surface area contributed by atoms with Gasteiger partial charge in [0.15, 0.2) is 0 Å². The van der Waals surface area contributed by atoms with Crippen LogP contribution in [0.2, 0.25) is 0 Å². The van der Waals surface area contributed by atoms with Gasteiger partial charge in [0.05, 0.1) is 5.69 Å². The summed E-state index contributed by atoms with van der Waals surface area (Å²) >= 11 is 0. The number of hydrogen-bond donors (Lipinski definition) is 1. The van der Waals surface area contributed by atoms with E-state index in [0.717, 1.165) is 23.5 Å². The number of carbonyl (C=O) groups is 1. The van der Waals surface area contributed by atoms with Crippen LogP contribution in [0.1, 0.15) is 33.0 Å². The molecule has 3 heterocycles. The van der Waals surface area contributed by atoms with Crippen molar-refractivity contribution in [1.82, 2.24) is 19.9 Å². The van der Waals surface area contributed by atoms with Crippen LogP contribution in [0.25, 0.3) is 11.3 Å². The predicted octanol–water partition coefficient (Wildman–Crippen LogP) is 3.27. The Hall–Kier alpha value is -2.70. The smallest absolute Gasteiger partial charge is 0.410 e. The van der Waals surface area contributed by atoms with Crippen molar-refractivity contribution >= 4 is 11.9 Å². The average molecular weight is 355 g/mol. The number of likely N-dealkylation sites (tertiary alicyclic amines) is 1. The SMILES string of the molecule is Cc1nc(NC2CCN(C(=O)OC(C)(C)C)C2)cc(-c2ccncc2)n1. The lowest BCUT2D eigenvalue weighted by atomic mass is 10.2. The largest absolute Gasteiger partial charge is 0.444 e. The molecule has 1 fully saturated rings. The van der Waals surface area contributed by atoms with Gasteiger partial charge in [0.2, 0.25) is 0 Å². The first-order chi connectivity index (χ1) is 12.3. The fraction of sp³-hybridized carbons (Fsp3) is 0.474. The average Bonchev–Trinajstić information content (AvgIpc) is 3.02. The summed E-state index contributed by atoms with van der Waals surface area (Å²) in [5.41, 5.74) is 1.37. The summed E-state index contributed by atoms with van der Waals surface area (Å²) in [6.45, 7) is 8.77. The second-order valence-electron chi connectivity index (χ2n) is 7.48. The van der Waals surface area contributed by atoms with Gasteiger partial charge in [0.25, 0.3) is 0 Å². The van der Waals surface area contributed by atoms with E-state index in [1.807, 2.05) is 45.9 Å². The van der Waals surface area contributed by atoms with Crippen LogP contribution in [0.3, 0.4) is 0 Å². The first-order valence-corrected chi connectivity index (χ1v) is 8.81. The maximum absolute atomic E-state index is 12.2. The van der Waals surface area contributed by atoms with Crippen molar-refractivity contribution in [3.63, 3.8) is 0 Å². The van der Waals surface area contributed by atoms with E-state index >= 15 is 0 Å². The van der Waals surface area contributed by atoms with Crippen molar-refractivity contribution in [1.29, 1.82) is 0 Å². The van der Waals surface area contributed by atoms with E-state index in [1.165, 1.54) is 0 Å². The molecule has 1 atom stereocenters. The highest BCUT2D eigenvalue weighted by Gasteiger charge is 2.30. The van der Waals surface area contributed by atoms with Gasteiger partial charge in [-0.05, 0) is 46.2 Å². The summed E-state index contributed by atoms with van der Waals surface area (Å²) in [5, 5.41) is 3.42. The number of nitrogens with zero attached hydrogens (tertiary/aromatic N) is 4. The van der Waals surface area contributed by atoms with Gasteiger partial charge in [-0.2, -0.15) is 0 Å². The molecular formula is C19H25N5O2. The van der Waals surface area contributed by atoms with Gasteiger partial charge in [0.1, 0.15) is 17.2 Å². The van der Waals surface area contributed by atoms with Gasteiger partial charge in [-0.1, -0.05) is 0 Å². The number of ether oxygens (including phenoxy) is 1. The molecular weight excluding hydrogens is 330 g/mol. The molecule has 138 valence electrons. The molecule has 1 N–H and O–H groups in total.